The molecule has 4 nitrogen and oxygen atoms in total. The van der Waals surface area contributed by atoms with Crippen molar-refractivity contribution in [2.75, 3.05) is 6.54 Å². The molecule has 4 aliphatic carbocycles. The van der Waals surface area contributed by atoms with Crippen LogP contribution in [0.3, 0.4) is 0 Å². The molecule has 0 saturated heterocycles. The highest BCUT2D eigenvalue weighted by Gasteiger charge is 2.65. The molecule has 0 aromatic carbocycles. The van der Waals surface area contributed by atoms with Gasteiger partial charge in [0, 0.05) is 25.5 Å². The molecule has 0 radical (unpaired) electrons. The Hall–Kier alpha value is -1.42. The molecular weight excluding hydrogens is 312 g/mol. The van der Waals surface area contributed by atoms with Crippen molar-refractivity contribution in [1.82, 2.24) is 9.88 Å². The second-order valence-electron chi connectivity index (χ2n) is 9.04. The second-order valence-corrected chi connectivity index (χ2v) is 9.04. The highest BCUT2D eigenvalue weighted by Crippen LogP contribution is 2.68. The van der Waals surface area contributed by atoms with E-state index in [4.69, 9.17) is 0 Å². The van der Waals surface area contributed by atoms with Crippen LogP contribution in [0.25, 0.3) is 0 Å². The zero-order valence-electron chi connectivity index (χ0n) is 15.5. The van der Waals surface area contributed by atoms with E-state index in [0.29, 0.717) is 25.4 Å². The van der Waals surface area contributed by atoms with E-state index in [0.717, 1.165) is 37.7 Å². The number of carbonyl (C=O) groups is 1. The molecule has 0 aliphatic heterocycles. The number of nitrogens with zero attached hydrogens (tertiary/aromatic N) is 2. The molecule has 5 rings (SSSR count). The Balaban J connectivity index is 1.62. The fourth-order valence-electron chi connectivity index (χ4n) is 6.59. The van der Waals surface area contributed by atoms with Crippen LogP contribution in [0.5, 0.6) is 0 Å². The van der Waals surface area contributed by atoms with Gasteiger partial charge in [-0.25, -0.2) is 0 Å². The first-order valence-corrected chi connectivity index (χ1v) is 9.82. The van der Waals surface area contributed by atoms with Gasteiger partial charge in [0.05, 0.1) is 11.0 Å². The predicted molar refractivity (Wildman–Crippen MR) is 96.6 cm³/mol. The van der Waals surface area contributed by atoms with Crippen LogP contribution >= 0.6 is 0 Å². The van der Waals surface area contributed by atoms with Crippen molar-refractivity contribution in [1.29, 1.82) is 0 Å². The van der Waals surface area contributed by atoms with Crippen molar-refractivity contribution < 1.29 is 9.90 Å². The third kappa shape index (κ3) is 2.79. The number of pyridine rings is 1. The molecule has 4 fully saturated rings. The number of carbonyl (C=O) groups excluding carboxylic acids is 1. The second kappa shape index (κ2) is 5.80. The van der Waals surface area contributed by atoms with Gasteiger partial charge in [-0.05, 0) is 74.5 Å². The highest BCUT2D eigenvalue weighted by molar-refractivity contribution is 5.83. The summed E-state index contributed by atoms with van der Waals surface area (Å²) < 4.78 is 0. The molecule has 1 amide bonds. The first-order chi connectivity index (χ1) is 11.9. The van der Waals surface area contributed by atoms with Gasteiger partial charge in [0.1, 0.15) is 0 Å². The minimum Gasteiger partial charge on any atom is -0.390 e. The lowest BCUT2D eigenvalue weighted by molar-refractivity contribution is -0.210. The van der Waals surface area contributed by atoms with Gasteiger partial charge in [0.25, 0.3) is 0 Å². The fourth-order valence-corrected chi connectivity index (χ4v) is 6.59. The van der Waals surface area contributed by atoms with E-state index in [2.05, 4.69) is 18.8 Å². The Kier molecular flexibility index (Phi) is 3.95. The lowest BCUT2D eigenvalue weighted by atomic mass is 9.42. The smallest absolute Gasteiger partial charge is 0.229 e. The predicted octanol–water partition coefficient (Wildman–Crippen LogP) is 3.54. The van der Waals surface area contributed by atoms with Crippen LogP contribution in [0.15, 0.2) is 24.5 Å². The summed E-state index contributed by atoms with van der Waals surface area (Å²) in [5.74, 6) is 0.789. The van der Waals surface area contributed by atoms with E-state index < -0.39 is 5.60 Å². The Morgan fingerprint density at radius 2 is 1.96 bits per heavy atom. The Morgan fingerprint density at radius 1 is 1.20 bits per heavy atom. The molecule has 4 aliphatic rings. The summed E-state index contributed by atoms with van der Waals surface area (Å²) in [4.78, 5) is 19.7. The highest BCUT2D eigenvalue weighted by atomic mass is 16.3. The van der Waals surface area contributed by atoms with Crippen LogP contribution in [0, 0.1) is 16.7 Å². The number of amides is 1. The van der Waals surface area contributed by atoms with E-state index in [1.165, 1.54) is 6.42 Å². The van der Waals surface area contributed by atoms with E-state index in [1.807, 2.05) is 17.0 Å². The minimum absolute atomic E-state index is 0.180. The maximum absolute atomic E-state index is 13.6. The number of aliphatic hydroxyl groups is 1. The average Bonchev–Trinajstić information content (AvgIpc) is 2.58. The first-order valence-electron chi connectivity index (χ1n) is 9.82. The van der Waals surface area contributed by atoms with Crippen molar-refractivity contribution in [3.8, 4) is 0 Å². The lowest BCUT2D eigenvalue weighted by Gasteiger charge is -2.64. The molecule has 4 heteroatoms. The fraction of sp³-hybridized carbons (Fsp3) is 0.714. The quantitative estimate of drug-likeness (QED) is 0.890. The Bertz CT molecular complexity index is 663. The molecule has 1 N–H and O–H groups in total. The van der Waals surface area contributed by atoms with Gasteiger partial charge in [-0.1, -0.05) is 13.3 Å². The Labute approximate surface area is 150 Å². The van der Waals surface area contributed by atoms with Crippen LogP contribution in [-0.2, 0) is 11.3 Å². The van der Waals surface area contributed by atoms with Gasteiger partial charge in [-0.2, -0.15) is 0 Å². The van der Waals surface area contributed by atoms with Gasteiger partial charge >= 0.3 is 0 Å². The standard InChI is InChI=1S/C21H30N2O2/c1-3-19-9-17-10-20(13-19,15-21(25,11-17)14-19)18(24)23(4-2)12-16-5-7-22-8-6-16/h5-8,17,25H,3-4,9-15H2,1-2H3/t17-,19+,20+,21-/m1/s1. The van der Waals surface area contributed by atoms with Crippen LogP contribution in [0.2, 0.25) is 0 Å². The van der Waals surface area contributed by atoms with Crippen LogP contribution in [0.1, 0.15) is 64.4 Å². The Morgan fingerprint density at radius 3 is 2.60 bits per heavy atom. The normalized spacial score (nSPS) is 38.8. The summed E-state index contributed by atoms with van der Waals surface area (Å²) in [5.41, 5.74) is 0.354. The van der Waals surface area contributed by atoms with E-state index in [9.17, 15) is 9.90 Å². The molecular formula is C21H30N2O2. The molecule has 0 spiro atoms. The topological polar surface area (TPSA) is 53.4 Å². The lowest BCUT2D eigenvalue weighted by Crippen LogP contribution is -2.64. The largest absolute Gasteiger partial charge is 0.390 e. The summed E-state index contributed by atoms with van der Waals surface area (Å²) in [6.07, 6.45) is 10.3. The summed E-state index contributed by atoms with van der Waals surface area (Å²) in [6.45, 7) is 5.65. The molecule has 1 aromatic heterocycles. The molecule has 4 saturated carbocycles. The van der Waals surface area contributed by atoms with Crippen LogP contribution in [-0.4, -0.2) is 33.0 Å². The molecule has 0 unspecified atom stereocenters. The van der Waals surface area contributed by atoms with E-state index in [-0.39, 0.29) is 16.7 Å². The van der Waals surface area contributed by atoms with Crippen molar-refractivity contribution in [2.45, 2.75) is 70.9 Å². The third-order valence-corrected chi connectivity index (χ3v) is 7.15. The van der Waals surface area contributed by atoms with Crippen molar-refractivity contribution in [3.05, 3.63) is 30.1 Å². The van der Waals surface area contributed by atoms with Gasteiger partial charge in [-0.15, -0.1) is 0 Å². The van der Waals surface area contributed by atoms with Crippen LogP contribution in [0.4, 0.5) is 0 Å². The molecule has 1 heterocycles. The van der Waals surface area contributed by atoms with Crippen molar-refractivity contribution in [3.63, 3.8) is 0 Å². The molecule has 4 atom stereocenters. The summed E-state index contributed by atoms with van der Waals surface area (Å²) in [6, 6.07) is 3.97. The van der Waals surface area contributed by atoms with E-state index in [1.54, 1.807) is 12.4 Å². The molecule has 136 valence electrons. The van der Waals surface area contributed by atoms with Gasteiger partial charge in [-0.3, -0.25) is 9.78 Å². The average molecular weight is 342 g/mol. The summed E-state index contributed by atoms with van der Waals surface area (Å²) in [7, 11) is 0. The molecule has 4 bridgehead atoms. The minimum atomic E-state index is -0.610. The third-order valence-electron chi connectivity index (χ3n) is 7.15. The van der Waals surface area contributed by atoms with Gasteiger partial charge in [0.2, 0.25) is 5.91 Å². The van der Waals surface area contributed by atoms with Crippen molar-refractivity contribution in [2.24, 2.45) is 16.7 Å². The van der Waals surface area contributed by atoms with Gasteiger partial charge in [0.15, 0.2) is 0 Å². The van der Waals surface area contributed by atoms with Crippen molar-refractivity contribution >= 4 is 5.91 Å². The number of aromatic nitrogens is 1. The summed E-state index contributed by atoms with van der Waals surface area (Å²) in [5, 5.41) is 11.2. The van der Waals surface area contributed by atoms with Gasteiger partial charge < -0.3 is 10.0 Å². The molecule has 25 heavy (non-hydrogen) atoms. The first kappa shape index (κ1) is 17.0. The maximum atomic E-state index is 13.6. The van der Waals surface area contributed by atoms with E-state index >= 15 is 0 Å². The monoisotopic (exact) mass is 342 g/mol. The number of rotatable bonds is 5. The zero-order chi connectivity index (χ0) is 17.7. The SMILES string of the molecule is CCN(Cc1ccncc1)C(=O)[C@@]12C[C@@H]3C[C@@](O)(C[C@@](CC)(C3)C1)C2. The zero-order valence-corrected chi connectivity index (χ0v) is 15.5. The summed E-state index contributed by atoms with van der Waals surface area (Å²) >= 11 is 0. The maximum Gasteiger partial charge on any atom is 0.229 e. The number of hydrogen-bond donors (Lipinski definition) is 1. The molecule has 1 aromatic rings. The number of hydrogen-bond acceptors (Lipinski definition) is 3. The van der Waals surface area contributed by atoms with Crippen LogP contribution < -0.4 is 0 Å².